The van der Waals surface area contributed by atoms with Gasteiger partial charge in [0.2, 0.25) is 0 Å². The van der Waals surface area contributed by atoms with Crippen LogP contribution in [0.2, 0.25) is 0 Å². The topological polar surface area (TPSA) is 59.0 Å². The fourth-order valence-corrected chi connectivity index (χ4v) is 12.5. The van der Waals surface area contributed by atoms with E-state index in [1.807, 2.05) is 0 Å². The predicted molar refractivity (Wildman–Crippen MR) is 252 cm³/mol. The van der Waals surface area contributed by atoms with Gasteiger partial charge in [0.1, 0.15) is 22.3 Å². The van der Waals surface area contributed by atoms with Crippen LogP contribution >= 0.6 is 16.3 Å². The SMILES string of the molecule is c1ccc(CN(C[C@@H]2CCCN2p2oc3ccc4ccccc4c3c3c(ccc4ccccc43)o2)p2oc3ccc4ccccc4c3c3c(ccc4ccccc43)o2)cc1. The van der Waals surface area contributed by atoms with Gasteiger partial charge in [0, 0.05) is 47.2 Å². The van der Waals surface area contributed by atoms with Crippen molar-refractivity contribution in [3.8, 4) is 0 Å². The van der Waals surface area contributed by atoms with E-state index in [4.69, 9.17) is 16.8 Å². The molecular weight excluding hydrogens is 779 g/mol. The van der Waals surface area contributed by atoms with E-state index in [-0.39, 0.29) is 6.04 Å². The van der Waals surface area contributed by atoms with Crippen molar-refractivity contribution >= 4 is 103 Å². The molecule has 2 aromatic heterocycles. The Morgan fingerprint density at radius 1 is 0.450 bits per heavy atom. The van der Waals surface area contributed by atoms with Crippen molar-refractivity contribution in [1.82, 2.24) is 0 Å². The monoisotopic (exact) mass is 818 g/mol. The van der Waals surface area contributed by atoms with Gasteiger partial charge in [-0.15, -0.1) is 0 Å². The largest absolute Gasteiger partial charge is 0.408 e. The maximum Gasteiger partial charge on any atom is 0.310 e. The summed E-state index contributed by atoms with van der Waals surface area (Å²) in [7, 11) is -3.15. The molecule has 1 aliphatic heterocycles. The Morgan fingerprint density at radius 2 is 0.850 bits per heavy atom. The maximum atomic E-state index is 7.21. The van der Waals surface area contributed by atoms with Crippen molar-refractivity contribution in [3.05, 3.63) is 181 Å². The van der Waals surface area contributed by atoms with Crippen LogP contribution in [0.4, 0.5) is 0 Å². The molecule has 292 valence electrons. The van der Waals surface area contributed by atoms with Crippen molar-refractivity contribution in [3.63, 3.8) is 0 Å². The first-order chi connectivity index (χ1) is 29.7. The smallest absolute Gasteiger partial charge is 0.310 e. The van der Waals surface area contributed by atoms with E-state index in [9.17, 15) is 0 Å². The number of rotatable bonds is 6. The second-order valence-electron chi connectivity index (χ2n) is 15.8. The average molecular weight is 819 g/mol. The van der Waals surface area contributed by atoms with Gasteiger partial charge in [0.05, 0.1) is 0 Å². The Morgan fingerprint density at radius 3 is 1.30 bits per heavy atom. The summed E-state index contributed by atoms with van der Waals surface area (Å²) < 4.78 is 33.6. The minimum atomic E-state index is -1.62. The summed E-state index contributed by atoms with van der Waals surface area (Å²) in [6, 6.07) is 62.4. The summed E-state index contributed by atoms with van der Waals surface area (Å²) in [5.74, 6) is 0. The van der Waals surface area contributed by atoms with Crippen LogP contribution in [0.5, 0.6) is 0 Å². The highest BCUT2D eigenvalue weighted by Gasteiger charge is 2.33. The van der Waals surface area contributed by atoms with Gasteiger partial charge in [-0.2, -0.15) is 9.34 Å². The Hall–Kier alpha value is -6.26. The van der Waals surface area contributed by atoms with E-state index >= 15 is 0 Å². The molecule has 0 radical (unpaired) electrons. The number of hydrogen-bond donors (Lipinski definition) is 0. The number of benzene rings is 9. The molecular formula is C52H40N2O4P2. The number of hydrogen-bond acceptors (Lipinski definition) is 6. The molecule has 6 nitrogen and oxygen atoms in total. The van der Waals surface area contributed by atoms with Crippen LogP contribution in [-0.2, 0) is 6.54 Å². The standard InChI is InChI=1S/C52H40N2O4P2/c1-2-13-35(14-3-1)33-53(59-55-45-28-24-36-15-4-8-20-41(36)49(45)50-42-21-9-5-16-37(42)25-29-46(50)56-59)34-40-19-12-32-54(40)60-57-47-30-26-38-17-6-10-22-43(38)51(47)52-44-23-11-7-18-39(44)27-31-48(52)58-60/h1-11,13-18,20-31,40H,12,19,32-34H2/t40-/m0/s1. The fourth-order valence-electron chi connectivity index (χ4n) is 9.38. The lowest BCUT2D eigenvalue weighted by Gasteiger charge is -2.26. The molecule has 12 rings (SSSR count). The van der Waals surface area contributed by atoms with E-state index < -0.39 is 16.3 Å². The Kier molecular flexibility index (Phi) is 8.78. The zero-order valence-electron chi connectivity index (χ0n) is 32.8. The highest BCUT2D eigenvalue weighted by molar-refractivity contribution is 7.39. The molecule has 0 N–H and O–H groups in total. The average Bonchev–Trinajstić information content (AvgIpc) is 3.59. The summed E-state index contributed by atoms with van der Waals surface area (Å²) in [6.45, 7) is 2.23. The molecule has 1 saturated heterocycles. The van der Waals surface area contributed by atoms with Gasteiger partial charge in [0.25, 0.3) is 0 Å². The first-order valence-corrected chi connectivity index (χ1v) is 22.9. The molecule has 60 heavy (non-hydrogen) atoms. The third-order valence-corrected chi connectivity index (χ3v) is 15.3. The number of fused-ring (bicyclic) bond motifs is 14. The van der Waals surface area contributed by atoms with Gasteiger partial charge in [-0.1, -0.05) is 152 Å². The van der Waals surface area contributed by atoms with Crippen molar-refractivity contribution in [2.75, 3.05) is 22.4 Å². The van der Waals surface area contributed by atoms with Crippen molar-refractivity contribution in [2.24, 2.45) is 0 Å². The molecule has 0 bridgehead atoms. The lowest BCUT2D eigenvalue weighted by molar-refractivity contribution is 0.578. The molecule has 1 aliphatic rings. The van der Waals surface area contributed by atoms with Crippen LogP contribution in [0.1, 0.15) is 18.4 Å². The summed E-state index contributed by atoms with van der Waals surface area (Å²) in [4.78, 5) is 0. The van der Waals surface area contributed by atoms with Crippen LogP contribution in [-0.4, -0.2) is 19.1 Å². The minimum absolute atomic E-state index is 0.121. The zero-order chi connectivity index (χ0) is 39.6. The van der Waals surface area contributed by atoms with Gasteiger partial charge in [-0.05, 0) is 85.8 Å². The second-order valence-corrected chi connectivity index (χ2v) is 18.5. The zero-order valence-corrected chi connectivity index (χ0v) is 34.6. The van der Waals surface area contributed by atoms with Gasteiger partial charge >= 0.3 is 16.3 Å². The minimum Gasteiger partial charge on any atom is -0.408 e. The maximum absolute atomic E-state index is 7.21. The molecule has 3 heterocycles. The lowest BCUT2D eigenvalue weighted by atomic mass is 9.99. The van der Waals surface area contributed by atoms with E-state index in [0.29, 0.717) is 13.1 Å². The summed E-state index contributed by atoms with van der Waals surface area (Å²) >= 11 is 0. The summed E-state index contributed by atoms with van der Waals surface area (Å²) in [5.41, 5.74) is 4.59. The Balaban J connectivity index is 1.05. The molecule has 8 heteroatoms. The van der Waals surface area contributed by atoms with Gasteiger partial charge in [-0.25, -0.2) is 0 Å². The van der Waals surface area contributed by atoms with Crippen LogP contribution in [0.25, 0.3) is 87.0 Å². The molecule has 0 amide bonds. The van der Waals surface area contributed by atoms with E-state index in [2.05, 4.69) is 185 Å². The molecule has 0 unspecified atom stereocenters. The first kappa shape index (κ1) is 35.7. The second kappa shape index (κ2) is 14.8. The third-order valence-electron chi connectivity index (χ3n) is 12.2. The molecule has 0 aliphatic carbocycles. The van der Waals surface area contributed by atoms with E-state index in [1.54, 1.807) is 0 Å². The fraction of sp³-hybridized carbons (Fsp3) is 0.115. The van der Waals surface area contributed by atoms with Gasteiger partial charge in [0.15, 0.2) is 0 Å². The van der Waals surface area contributed by atoms with E-state index in [0.717, 1.165) is 84.8 Å². The Labute approximate surface area is 348 Å². The van der Waals surface area contributed by atoms with Crippen LogP contribution < -0.4 is 9.34 Å². The Bertz CT molecular complexity index is 3330. The van der Waals surface area contributed by atoms with Crippen LogP contribution in [0.15, 0.2) is 193 Å². The molecule has 1 fully saturated rings. The third kappa shape index (κ3) is 6.10. The molecule has 1 atom stereocenters. The van der Waals surface area contributed by atoms with Crippen LogP contribution in [0, 0.1) is 0 Å². The van der Waals surface area contributed by atoms with Crippen molar-refractivity contribution in [2.45, 2.75) is 25.4 Å². The lowest BCUT2D eigenvalue weighted by Crippen LogP contribution is -2.37. The van der Waals surface area contributed by atoms with E-state index in [1.165, 1.54) is 27.1 Å². The van der Waals surface area contributed by atoms with Crippen molar-refractivity contribution in [1.29, 1.82) is 0 Å². The summed E-state index contributed by atoms with van der Waals surface area (Å²) in [6.07, 6.45) is 2.03. The highest BCUT2D eigenvalue weighted by Crippen LogP contribution is 2.46. The first-order valence-electron chi connectivity index (χ1n) is 20.7. The van der Waals surface area contributed by atoms with Crippen LogP contribution in [0.3, 0.4) is 0 Å². The van der Waals surface area contributed by atoms with Gasteiger partial charge in [-0.3, -0.25) is 0 Å². The number of nitrogens with zero attached hydrogens (tertiary/aromatic N) is 2. The highest BCUT2D eigenvalue weighted by atomic mass is 31.1. The summed E-state index contributed by atoms with van der Waals surface area (Å²) in [5, 5.41) is 13.6. The molecule has 0 saturated carbocycles. The molecule has 0 spiro atoms. The molecule has 9 aromatic carbocycles. The van der Waals surface area contributed by atoms with Crippen molar-refractivity contribution < 1.29 is 16.8 Å². The predicted octanol–water partition coefficient (Wildman–Crippen LogP) is 15.4. The quantitative estimate of drug-likeness (QED) is 0.167. The normalized spacial score (nSPS) is 14.8. The molecule has 11 aromatic rings. The van der Waals surface area contributed by atoms with Gasteiger partial charge < -0.3 is 16.8 Å².